The number of rotatable bonds is 2. The molecule has 1 unspecified atom stereocenters. The van der Waals surface area contributed by atoms with Crippen molar-refractivity contribution in [1.82, 2.24) is 24.5 Å². The van der Waals surface area contributed by atoms with Gasteiger partial charge in [-0.05, 0) is 31.5 Å². The molecule has 1 aliphatic heterocycles. The zero-order chi connectivity index (χ0) is 18.5. The van der Waals surface area contributed by atoms with Crippen molar-refractivity contribution in [2.24, 2.45) is 0 Å². The Morgan fingerprint density at radius 3 is 3.07 bits per heavy atom. The van der Waals surface area contributed by atoms with Gasteiger partial charge in [0, 0.05) is 47.0 Å². The van der Waals surface area contributed by atoms with Gasteiger partial charge in [-0.2, -0.15) is 5.10 Å². The van der Waals surface area contributed by atoms with E-state index in [1.165, 1.54) is 0 Å². The largest absolute Gasteiger partial charge is 0.331 e. The monoisotopic (exact) mass is 377 g/mol. The maximum absolute atomic E-state index is 13.3. The first-order chi connectivity index (χ1) is 13.1. The lowest BCUT2D eigenvalue weighted by Gasteiger charge is -2.33. The van der Waals surface area contributed by atoms with Crippen LogP contribution in [0.4, 0.5) is 0 Å². The van der Waals surface area contributed by atoms with Gasteiger partial charge in [-0.15, -0.1) is 11.3 Å². The van der Waals surface area contributed by atoms with Crippen LogP contribution in [0.2, 0.25) is 0 Å². The molecule has 0 fully saturated rings. The van der Waals surface area contributed by atoms with Gasteiger partial charge < -0.3 is 9.30 Å². The Morgan fingerprint density at radius 2 is 2.30 bits per heavy atom. The Hall–Kier alpha value is -2.93. The van der Waals surface area contributed by atoms with E-state index in [4.69, 9.17) is 0 Å². The summed E-state index contributed by atoms with van der Waals surface area (Å²) in [6, 6.07) is 6.15. The molecule has 4 aromatic rings. The number of fused-ring (bicyclic) bond motifs is 2. The molecule has 136 valence electrons. The van der Waals surface area contributed by atoms with E-state index in [2.05, 4.69) is 35.1 Å². The van der Waals surface area contributed by atoms with Crippen LogP contribution in [0.3, 0.4) is 0 Å². The maximum Gasteiger partial charge on any atom is 0.255 e. The quantitative estimate of drug-likeness (QED) is 0.579. The number of carbonyl (C=O) groups is 1. The number of thiazole rings is 1. The van der Waals surface area contributed by atoms with Gasteiger partial charge in [-0.25, -0.2) is 4.98 Å². The van der Waals surface area contributed by atoms with E-state index >= 15 is 0 Å². The SMILES string of the molecule is Cc1cccn2cc(C(=O)N3Cc4c(-c5cscn5)n[nH]c4CC3C)cc12. The normalized spacial score (nSPS) is 16.7. The standard InChI is InChI=1S/C20H19N5OS/c1-12-4-3-5-24-8-14(7-18(12)24)20(26)25-9-15-16(6-13(25)2)22-23-19(15)17-10-27-11-21-17/h3-5,7-8,10-11,13H,6,9H2,1-2H3,(H,22,23). The van der Waals surface area contributed by atoms with Gasteiger partial charge in [0.1, 0.15) is 11.4 Å². The average molecular weight is 377 g/mol. The predicted octanol–water partition coefficient (Wildman–Crippen LogP) is 3.68. The Kier molecular flexibility index (Phi) is 3.65. The van der Waals surface area contributed by atoms with Crippen molar-refractivity contribution in [2.75, 3.05) is 0 Å². The van der Waals surface area contributed by atoms with Crippen LogP contribution in [0.5, 0.6) is 0 Å². The summed E-state index contributed by atoms with van der Waals surface area (Å²) in [5, 5.41) is 9.60. The maximum atomic E-state index is 13.3. The molecule has 0 aromatic carbocycles. The summed E-state index contributed by atoms with van der Waals surface area (Å²) < 4.78 is 2.02. The number of hydrogen-bond donors (Lipinski definition) is 1. The molecule has 1 aliphatic rings. The number of nitrogens with zero attached hydrogens (tertiary/aromatic N) is 4. The lowest BCUT2D eigenvalue weighted by atomic mass is 9.98. The fraction of sp³-hybridized carbons (Fsp3) is 0.250. The fourth-order valence-corrected chi connectivity index (χ4v) is 4.39. The summed E-state index contributed by atoms with van der Waals surface area (Å²) in [5.41, 5.74) is 8.65. The van der Waals surface area contributed by atoms with Crippen molar-refractivity contribution < 1.29 is 4.79 Å². The third-order valence-electron chi connectivity index (χ3n) is 5.34. The first kappa shape index (κ1) is 16.3. The van der Waals surface area contributed by atoms with Crippen LogP contribution in [0.1, 0.15) is 34.1 Å². The number of hydrogen-bond acceptors (Lipinski definition) is 4. The summed E-state index contributed by atoms with van der Waals surface area (Å²) in [5.74, 6) is 0.0571. The average Bonchev–Trinajstić information content (AvgIpc) is 3.39. The molecule has 0 radical (unpaired) electrons. The van der Waals surface area contributed by atoms with Gasteiger partial charge in [0.15, 0.2) is 0 Å². The van der Waals surface area contributed by atoms with Crippen molar-refractivity contribution in [3.63, 3.8) is 0 Å². The number of aryl methyl sites for hydroxylation is 1. The molecule has 0 saturated heterocycles. The Morgan fingerprint density at radius 1 is 1.41 bits per heavy atom. The van der Waals surface area contributed by atoms with E-state index in [0.717, 1.165) is 45.7 Å². The molecule has 4 aromatic heterocycles. The lowest BCUT2D eigenvalue weighted by Crippen LogP contribution is -2.42. The smallest absolute Gasteiger partial charge is 0.255 e. The molecule has 27 heavy (non-hydrogen) atoms. The number of aromatic amines is 1. The molecule has 1 atom stereocenters. The predicted molar refractivity (Wildman–Crippen MR) is 105 cm³/mol. The van der Waals surface area contributed by atoms with Crippen molar-refractivity contribution in [3.8, 4) is 11.4 Å². The molecule has 0 bridgehead atoms. The minimum absolute atomic E-state index is 0.0571. The number of amides is 1. The van der Waals surface area contributed by atoms with Crippen molar-refractivity contribution in [3.05, 3.63) is 63.9 Å². The van der Waals surface area contributed by atoms with Crippen LogP contribution in [-0.2, 0) is 13.0 Å². The highest BCUT2D eigenvalue weighted by molar-refractivity contribution is 7.07. The highest BCUT2D eigenvalue weighted by Crippen LogP contribution is 2.31. The number of nitrogens with one attached hydrogen (secondary N) is 1. The minimum atomic E-state index is 0.0571. The van der Waals surface area contributed by atoms with Crippen LogP contribution in [0.25, 0.3) is 16.9 Å². The van der Waals surface area contributed by atoms with Crippen LogP contribution in [0.15, 0.2) is 41.5 Å². The molecule has 0 saturated carbocycles. The summed E-state index contributed by atoms with van der Waals surface area (Å²) in [6.45, 7) is 4.69. The highest BCUT2D eigenvalue weighted by Gasteiger charge is 2.32. The molecule has 7 heteroatoms. The molecule has 5 heterocycles. The van der Waals surface area contributed by atoms with Gasteiger partial charge in [0.25, 0.3) is 5.91 Å². The third-order valence-corrected chi connectivity index (χ3v) is 5.93. The fourth-order valence-electron chi connectivity index (χ4n) is 3.85. The van der Waals surface area contributed by atoms with Crippen LogP contribution in [-0.4, -0.2) is 36.4 Å². The molecule has 1 amide bonds. The van der Waals surface area contributed by atoms with Crippen LogP contribution in [0, 0.1) is 6.92 Å². The second-order valence-electron chi connectivity index (χ2n) is 7.10. The van der Waals surface area contributed by atoms with E-state index in [1.807, 2.05) is 39.2 Å². The third kappa shape index (κ3) is 2.57. The van der Waals surface area contributed by atoms with Gasteiger partial charge in [-0.1, -0.05) is 6.07 Å². The summed E-state index contributed by atoms with van der Waals surface area (Å²) in [7, 11) is 0. The first-order valence-corrected chi connectivity index (χ1v) is 9.89. The van der Waals surface area contributed by atoms with E-state index < -0.39 is 0 Å². The van der Waals surface area contributed by atoms with Crippen molar-refractivity contribution in [2.45, 2.75) is 32.9 Å². The molecule has 1 N–H and O–H groups in total. The summed E-state index contributed by atoms with van der Waals surface area (Å²) in [6.07, 6.45) is 4.67. The highest BCUT2D eigenvalue weighted by atomic mass is 32.1. The Balaban J connectivity index is 1.51. The molecule has 0 spiro atoms. The topological polar surface area (TPSA) is 66.3 Å². The lowest BCUT2D eigenvalue weighted by molar-refractivity contribution is 0.0658. The summed E-state index contributed by atoms with van der Waals surface area (Å²) in [4.78, 5) is 19.6. The second-order valence-corrected chi connectivity index (χ2v) is 7.82. The number of pyridine rings is 1. The van der Waals surface area contributed by atoms with E-state index in [1.54, 1.807) is 16.8 Å². The van der Waals surface area contributed by atoms with Crippen molar-refractivity contribution in [1.29, 1.82) is 0 Å². The minimum Gasteiger partial charge on any atom is -0.331 e. The second kappa shape index (κ2) is 6.06. The Labute approximate surface area is 160 Å². The van der Waals surface area contributed by atoms with Crippen molar-refractivity contribution >= 4 is 22.8 Å². The van der Waals surface area contributed by atoms with E-state index in [-0.39, 0.29) is 11.9 Å². The summed E-state index contributed by atoms with van der Waals surface area (Å²) >= 11 is 1.55. The van der Waals surface area contributed by atoms with Gasteiger partial charge in [0.05, 0.1) is 17.6 Å². The van der Waals surface area contributed by atoms with Crippen LogP contribution < -0.4 is 0 Å². The Bertz CT molecular complexity index is 1140. The zero-order valence-corrected chi connectivity index (χ0v) is 16.0. The van der Waals surface area contributed by atoms with Gasteiger partial charge >= 0.3 is 0 Å². The van der Waals surface area contributed by atoms with E-state index in [0.29, 0.717) is 6.54 Å². The molecular formula is C20H19N5OS. The zero-order valence-electron chi connectivity index (χ0n) is 15.1. The molecule has 6 nitrogen and oxygen atoms in total. The molecule has 5 rings (SSSR count). The number of aromatic nitrogens is 4. The van der Waals surface area contributed by atoms with Gasteiger partial charge in [-0.3, -0.25) is 9.89 Å². The first-order valence-electron chi connectivity index (χ1n) is 8.95. The van der Waals surface area contributed by atoms with E-state index in [9.17, 15) is 4.79 Å². The van der Waals surface area contributed by atoms with Crippen LogP contribution >= 0.6 is 11.3 Å². The van der Waals surface area contributed by atoms with Gasteiger partial charge in [0.2, 0.25) is 0 Å². The number of H-pyrrole nitrogens is 1. The number of carbonyl (C=O) groups excluding carboxylic acids is 1. The molecule has 0 aliphatic carbocycles. The molecular weight excluding hydrogens is 358 g/mol.